The van der Waals surface area contributed by atoms with Gasteiger partial charge in [0.15, 0.2) is 0 Å². The van der Waals surface area contributed by atoms with Gasteiger partial charge in [0.2, 0.25) is 17.7 Å². The van der Waals surface area contributed by atoms with E-state index in [1.165, 1.54) is 25.6 Å². The fourth-order valence-corrected chi connectivity index (χ4v) is 3.04. The summed E-state index contributed by atoms with van der Waals surface area (Å²) in [6.07, 6.45) is -0.114. The molecule has 0 aromatic carbocycles. The molecule has 0 heterocycles. The zero-order valence-corrected chi connectivity index (χ0v) is 19.4. The molecule has 8 N–H and O–H groups in total. The number of carbonyl (C=O) groups excluding carboxylic acids is 3. The number of hydrogen-bond donors (Lipinski definition) is 7. The van der Waals surface area contributed by atoms with Crippen molar-refractivity contribution in [2.75, 3.05) is 12.0 Å². The summed E-state index contributed by atoms with van der Waals surface area (Å²) in [6.45, 7) is 6.15. The van der Waals surface area contributed by atoms with E-state index in [-0.39, 0.29) is 12.3 Å². The van der Waals surface area contributed by atoms with Gasteiger partial charge in [0, 0.05) is 0 Å². The lowest BCUT2D eigenvalue weighted by Gasteiger charge is -2.28. The van der Waals surface area contributed by atoms with Crippen LogP contribution < -0.4 is 21.7 Å². The number of aliphatic hydroxyl groups is 2. The summed E-state index contributed by atoms with van der Waals surface area (Å²) in [5.41, 5.74) is 5.85. The summed E-state index contributed by atoms with van der Waals surface area (Å²) < 4.78 is 0. The highest BCUT2D eigenvalue weighted by Gasteiger charge is 2.34. The number of nitrogens with one attached hydrogen (secondary N) is 3. The van der Waals surface area contributed by atoms with E-state index < -0.39 is 60.1 Å². The number of thioether (sulfide) groups is 1. The predicted molar refractivity (Wildman–Crippen MR) is 117 cm³/mol. The standard InChI is InChI=1S/C19H36N4O7S/c1-6-9(2)13(20)16(26)22-15(11(4)25)18(28)23-14(10(3)24)17(27)21-12(19(29)30)7-8-31-5/h9-15,24-25H,6-8,20H2,1-5H3,(H,21,27)(H,22,26)(H,23,28)(H,29,30). The first-order valence-electron chi connectivity index (χ1n) is 10.1. The molecule has 0 aliphatic rings. The summed E-state index contributed by atoms with van der Waals surface area (Å²) in [4.78, 5) is 48.8. The van der Waals surface area contributed by atoms with Crippen LogP contribution in [0.4, 0.5) is 0 Å². The molecule has 0 rings (SSSR count). The second-order valence-electron chi connectivity index (χ2n) is 7.55. The number of carboxylic acids is 1. The molecule has 0 aliphatic heterocycles. The van der Waals surface area contributed by atoms with Crippen molar-refractivity contribution >= 4 is 35.5 Å². The molecule has 0 aromatic heterocycles. The average molecular weight is 465 g/mol. The normalized spacial score (nSPS) is 17.9. The summed E-state index contributed by atoms with van der Waals surface area (Å²) in [5, 5.41) is 36.1. The Hall–Kier alpha value is -1.89. The molecule has 0 aliphatic carbocycles. The molecule has 7 unspecified atom stereocenters. The van der Waals surface area contributed by atoms with Gasteiger partial charge in [0.1, 0.15) is 18.1 Å². The van der Waals surface area contributed by atoms with Crippen molar-refractivity contribution in [3.63, 3.8) is 0 Å². The van der Waals surface area contributed by atoms with E-state index in [9.17, 15) is 34.5 Å². The summed E-state index contributed by atoms with van der Waals surface area (Å²) in [7, 11) is 0. The van der Waals surface area contributed by atoms with E-state index in [1.54, 1.807) is 13.2 Å². The second kappa shape index (κ2) is 14.2. The molecule has 12 heteroatoms. The number of hydrogen-bond acceptors (Lipinski definition) is 8. The van der Waals surface area contributed by atoms with Gasteiger partial charge in [-0.3, -0.25) is 14.4 Å². The Balaban J connectivity index is 5.34. The molecule has 7 atom stereocenters. The number of aliphatic carboxylic acids is 1. The zero-order valence-electron chi connectivity index (χ0n) is 18.6. The maximum atomic E-state index is 12.7. The third kappa shape index (κ3) is 9.85. The van der Waals surface area contributed by atoms with Crippen molar-refractivity contribution < 1.29 is 34.5 Å². The van der Waals surface area contributed by atoms with Crippen LogP contribution in [0, 0.1) is 5.92 Å². The number of amides is 3. The molecule has 0 radical (unpaired) electrons. The third-order valence-electron chi connectivity index (χ3n) is 4.91. The highest BCUT2D eigenvalue weighted by molar-refractivity contribution is 7.98. The van der Waals surface area contributed by atoms with Crippen LogP contribution in [0.25, 0.3) is 0 Å². The van der Waals surface area contributed by atoms with Gasteiger partial charge in [-0.1, -0.05) is 20.3 Å². The Kier molecular flexibility index (Phi) is 13.4. The number of carboxylic acid groups (broad SMARTS) is 1. The average Bonchev–Trinajstić information content (AvgIpc) is 2.70. The Morgan fingerprint density at radius 3 is 1.74 bits per heavy atom. The van der Waals surface area contributed by atoms with E-state index in [2.05, 4.69) is 16.0 Å². The van der Waals surface area contributed by atoms with Crippen LogP contribution in [-0.4, -0.2) is 87.4 Å². The van der Waals surface area contributed by atoms with Crippen molar-refractivity contribution in [1.82, 2.24) is 16.0 Å². The van der Waals surface area contributed by atoms with Crippen LogP contribution >= 0.6 is 11.8 Å². The van der Waals surface area contributed by atoms with Gasteiger partial charge in [0.25, 0.3) is 0 Å². The summed E-state index contributed by atoms with van der Waals surface area (Å²) in [6, 6.07) is -5.02. The van der Waals surface area contributed by atoms with Crippen molar-refractivity contribution in [1.29, 1.82) is 0 Å². The van der Waals surface area contributed by atoms with Crippen molar-refractivity contribution in [3.05, 3.63) is 0 Å². The number of carbonyl (C=O) groups is 4. The van der Waals surface area contributed by atoms with E-state index in [1.807, 2.05) is 6.92 Å². The lowest BCUT2D eigenvalue weighted by molar-refractivity contribution is -0.143. The van der Waals surface area contributed by atoms with Crippen LogP contribution in [0.2, 0.25) is 0 Å². The van der Waals surface area contributed by atoms with Crippen molar-refractivity contribution in [3.8, 4) is 0 Å². The fraction of sp³-hybridized carbons (Fsp3) is 0.789. The smallest absolute Gasteiger partial charge is 0.326 e. The van der Waals surface area contributed by atoms with E-state index in [0.29, 0.717) is 12.2 Å². The van der Waals surface area contributed by atoms with E-state index in [0.717, 1.165) is 0 Å². The quantitative estimate of drug-likeness (QED) is 0.159. The first-order valence-corrected chi connectivity index (χ1v) is 11.5. The monoisotopic (exact) mass is 464 g/mol. The van der Waals surface area contributed by atoms with Gasteiger partial charge in [-0.05, 0) is 38.2 Å². The summed E-state index contributed by atoms with van der Waals surface area (Å²) in [5.74, 6) is -3.39. The number of aliphatic hydroxyl groups excluding tert-OH is 2. The molecule has 0 spiro atoms. The number of rotatable bonds is 14. The SMILES string of the molecule is CCC(C)C(N)C(=O)NC(C(=O)NC(C(=O)NC(CCSC)C(=O)O)C(C)O)C(C)O. The highest BCUT2D eigenvalue weighted by atomic mass is 32.2. The van der Waals surface area contributed by atoms with Crippen LogP contribution in [0.3, 0.4) is 0 Å². The van der Waals surface area contributed by atoms with Crippen LogP contribution in [0.5, 0.6) is 0 Å². The number of nitrogens with two attached hydrogens (primary N) is 1. The zero-order chi connectivity index (χ0) is 24.3. The van der Waals surface area contributed by atoms with E-state index >= 15 is 0 Å². The van der Waals surface area contributed by atoms with Crippen LogP contribution in [0.1, 0.15) is 40.5 Å². The Labute approximate surface area is 186 Å². The maximum Gasteiger partial charge on any atom is 0.326 e. The molecular weight excluding hydrogens is 428 g/mol. The molecule has 3 amide bonds. The van der Waals surface area contributed by atoms with Crippen LogP contribution in [-0.2, 0) is 19.2 Å². The Bertz CT molecular complexity index is 618. The van der Waals surface area contributed by atoms with Gasteiger partial charge >= 0.3 is 5.97 Å². The van der Waals surface area contributed by atoms with Gasteiger partial charge in [-0.2, -0.15) is 11.8 Å². The van der Waals surface area contributed by atoms with Crippen LogP contribution in [0.15, 0.2) is 0 Å². The Morgan fingerprint density at radius 2 is 1.35 bits per heavy atom. The molecule has 0 aromatic rings. The molecule has 11 nitrogen and oxygen atoms in total. The topological polar surface area (TPSA) is 191 Å². The highest BCUT2D eigenvalue weighted by Crippen LogP contribution is 2.07. The molecule has 31 heavy (non-hydrogen) atoms. The molecule has 0 saturated heterocycles. The largest absolute Gasteiger partial charge is 0.480 e. The molecule has 180 valence electrons. The lowest BCUT2D eigenvalue weighted by Crippen LogP contribution is -2.62. The van der Waals surface area contributed by atoms with Gasteiger partial charge in [-0.25, -0.2) is 4.79 Å². The van der Waals surface area contributed by atoms with Crippen molar-refractivity contribution in [2.24, 2.45) is 11.7 Å². The van der Waals surface area contributed by atoms with Gasteiger partial charge in [0.05, 0.1) is 18.2 Å². The van der Waals surface area contributed by atoms with Crippen molar-refractivity contribution in [2.45, 2.75) is 76.9 Å². The minimum Gasteiger partial charge on any atom is -0.480 e. The Morgan fingerprint density at radius 1 is 0.903 bits per heavy atom. The minimum absolute atomic E-state index is 0.155. The minimum atomic E-state index is -1.50. The van der Waals surface area contributed by atoms with E-state index in [4.69, 9.17) is 5.73 Å². The maximum absolute atomic E-state index is 12.7. The van der Waals surface area contributed by atoms with Gasteiger partial charge in [-0.15, -0.1) is 0 Å². The molecule has 0 fully saturated rings. The third-order valence-corrected chi connectivity index (χ3v) is 5.55. The molecule has 0 bridgehead atoms. The van der Waals surface area contributed by atoms with Gasteiger partial charge < -0.3 is 37.0 Å². The predicted octanol–water partition coefficient (Wildman–Crippen LogP) is -1.59. The first-order chi connectivity index (χ1) is 14.4. The second-order valence-corrected chi connectivity index (χ2v) is 8.53. The summed E-state index contributed by atoms with van der Waals surface area (Å²) >= 11 is 1.41. The molecule has 0 saturated carbocycles. The first kappa shape index (κ1) is 29.1. The lowest BCUT2D eigenvalue weighted by atomic mass is 9.98. The molecular formula is C19H36N4O7S. The fourth-order valence-electron chi connectivity index (χ4n) is 2.57.